The summed E-state index contributed by atoms with van der Waals surface area (Å²) in [5.74, 6) is 1.30. The monoisotopic (exact) mass is 222 g/mol. The minimum atomic E-state index is -0.238. The highest BCUT2D eigenvalue weighted by atomic mass is 19.1. The Kier molecular flexibility index (Phi) is 3.03. The lowest BCUT2D eigenvalue weighted by atomic mass is 10.1. The molecule has 1 saturated carbocycles. The van der Waals surface area contributed by atoms with Crippen molar-refractivity contribution in [1.29, 1.82) is 0 Å². The molecule has 1 aliphatic rings. The molecule has 1 aliphatic carbocycles. The Morgan fingerprint density at radius 3 is 2.81 bits per heavy atom. The minimum absolute atomic E-state index is 0.238. The van der Waals surface area contributed by atoms with Crippen molar-refractivity contribution >= 4 is 11.4 Å². The van der Waals surface area contributed by atoms with E-state index >= 15 is 0 Å². The third-order valence-corrected chi connectivity index (χ3v) is 3.37. The fraction of sp³-hybridized carbons (Fsp3) is 0.538. The van der Waals surface area contributed by atoms with Gasteiger partial charge >= 0.3 is 0 Å². The van der Waals surface area contributed by atoms with E-state index in [4.69, 9.17) is 5.73 Å². The van der Waals surface area contributed by atoms with E-state index in [0.717, 1.165) is 18.2 Å². The van der Waals surface area contributed by atoms with E-state index in [1.165, 1.54) is 18.9 Å². The van der Waals surface area contributed by atoms with Crippen LogP contribution in [0.25, 0.3) is 0 Å². The second-order valence-corrected chi connectivity index (χ2v) is 4.88. The predicted molar refractivity (Wildman–Crippen MR) is 65.9 cm³/mol. The summed E-state index contributed by atoms with van der Waals surface area (Å²) in [7, 11) is 0. The van der Waals surface area contributed by atoms with E-state index in [1.54, 1.807) is 13.0 Å². The molecule has 0 radical (unpaired) electrons. The molecule has 3 heteroatoms. The molecule has 16 heavy (non-hydrogen) atoms. The number of rotatable bonds is 4. The van der Waals surface area contributed by atoms with Crippen LogP contribution in [0.1, 0.15) is 25.3 Å². The summed E-state index contributed by atoms with van der Waals surface area (Å²) in [5.41, 5.74) is 7.75. The number of hydrogen-bond acceptors (Lipinski definition) is 2. The van der Waals surface area contributed by atoms with Gasteiger partial charge in [-0.3, -0.25) is 0 Å². The number of hydrogen-bond donors (Lipinski definition) is 2. The standard InChI is InChI=1S/C13H19FN2/c1-8-5-13(12(15)6-11(8)14)16-7-9(2)10-3-4-10/h5-6,9-10,16H,3-4,7,15H2,1-2H3. The molecule has 0 aromatic heterocycles. The Morgan fingerprint density at radius 1 is 1.50 bits per heavy atom. The maximum Gasteiger partial charge on any atom is 0.128 e. The smallest absolute Gasteiger partial charge is 0.128 e. The first kappa shape index (κ1) is 11.2. The van der Waals surface area contributed by atoms with Crippen LogP contribution in [0.3, 0.4) is 0 Å². The second kappa shape index (κ2) is 4.32. The van der Waals surface area contributed by atoms with Crippen molar-refractivity contribution in [1.82, 2.24) is 0 Å². The van der Waals surface area contributed by atoms with Gasteiger partial charge in [0, 0.05) is 6.54 Å². The van der Waals surface area contributed by atoms with E-state index in [2.05, 4.69) is 12.2 Å². The van der Waals surface area contributed by atoms with Crippen LogP contribution in [0.5, 0.6) is 0 Å². The number of halogens is 1. The average molecular weight is 222 g/mol. The molecule has 1 aromatic rings. The Balaban J connectivity index is 2.00. The molecule has 3 N–H and O–H groups in total. The van der Waals surface area contributed by atoms with E-state index < -0.39 is 0 Å². The lowest BCUT2D eigenvalue weighted by Crippen LogP contribution is -2.14. The Morgan fingerprint density at radius 2 is 2.19 bits per heavy atom. The summed E-state index contributed by atoms with van der Waals surface area (Å²) in [5, 5.41) is 3.31. The second-order valence-electron chi connectivity index (χ2n) is 4.88. The van der Waals surface area contributed by atoms with Gasteiger partial charge in [0.25, 0.3) is 0 Å². The van der Waals surface area contributed by atoms with Gasteiger partial charge in [0.15, 0.2) is 0 Å². The molecule has 0 amide bonds. The van der Waals surface area contributed by atoms with Crippen molar-refractivity contribution in [3.8, 4) is 0 Å². The zero-order valence-electron chi connectivity index (χ0n) is 9.89. The van der Waals surface area contributed by atoms with E-state index in [0.29, 0.717) is 17.2 Å². The van der Waals surface area contributed by atoms with Gasteiger partial charge in [-0.2, -0.15) is 0 Å². The maximum absolute atomic E-state index is 13.2. The van der Waals surface area contributed by atoms with Crippen molar-refractivity contribution in [2.75, 3.05) is 17.6 Å². The number of aryl methyl sites for hydroxylation is 1. The molecule has 0 spiro atoms. The van der Waals surface area contributed by atoms with Gasteiger partial charge in [-0.25, -0.2) is 4.39 Å². The molecule has 88 valence electrons. The van der Waals surface area contributed by atoms with Crippen LogP contribution >= 0.6 is 0 Å². The third-order valence-electron chi connectivity index (χ3n) is 3.37. The number of nitrogens with two attached hydrogens (primary N) is 1. The highest BCUT2D eigenvalue weighted by Crippen LogP contribution is 2.36. The summed E-state index contributed by atoms with van der Waals surface area (Å²) in [6.45, 7) is 4.92. The van der Waals surface area contributed by atoms with Crippen molar-refractivity contribution in [3.63, 3.8) is 0 Å². The molecule has 0 bridgehead atoms. The summed E-state index contributed by atoms with van der Waals surface area (Å²) in [6, 6.07) is 3.17. The van der Waals surface area contributed by atoms with Gasteiger partial charge in [-0.05, 0) is 49.3 Å². The van der Waals surface area contributed by atoms with Crippen molar-refractivity contribution in [2.24, 2.45) is 11.8 Å². The molecular formula is C13H19FN2. The Hall–Kier alpha value is -1.25. The van der Waals surface area contributed by atoms with Crippen LogP contribution in [0.15, 0.2) is 12.1 Å². The predicted octanol–water partition coefficient (Wildman–Crippen LogP) is 3.17. The highest BCUT2D eigenvalue weighted by molar-refractivity contribution is 5.67. The van der Waals surface area contributed by atoms with Gasteiger partial charge in [0.2, 0.25) is 0 Å². The van der Waals surface area contributed by atoms with Crippen molar-refractivity contribution < 1.29 is 4.39 Å². The summed E-state index contributed by atoms with van der Waals surface area (Å²) in [6.07, 6.45) is 2.70. The van der Waals surface area contributed by atoms with E-state index in [-0.39, 0.29) is 5.82 Å². The highest BCUT2D eigenvalue weighted by Gasteiger charge is 2.27. The van der Waals surface area contributed by atoms with Crippen LogP contribution in [0.4, 0.5) is 15.8 Å². The molecule has 0 saturated heterocycles. The lowest BCUT2D eigenvalue weighted by molar-refractivity contribution is 0.536. The van der Waals surface area contributed by atoms with Crippen molar-refractivity contribution in [3.05, 3.63) is 23.5 Å². The molecule has 1 fully saturated rings. The topological polar surface area (TPSA) is 38.0 Å². The van der Waals surface area contributed by atoms with Crippen LogP contribution in [-0.2, 0) is 0 Å². The number of anilines is 2. The zero-order valence-corrected chi connectivity index (χ0v) is 9.89. The SMILES string of the molecule is Cc1cc(NCC(C)C2CC2)c(N)cc1F. The summed E-state index contributed by atoms with van der Waals surface area (Å²) < 4.78 is 13.2. The molecule has 2 nitrogen and oxygen atoms in total. The Labute approximate surface area is 96.0 Å². The quantitative estimate of drug-likeness (QED) is 0.768. The minimum Gasteiger partial charge on any atom is -0.397 e. The molecule has 1 atom stereocenters. The van der Waals surface area contributed by atoms with Gasteiger partial charge in [-0.15, -0.1) is 0 Å². The number of nitrogens with one attached hydrogen (secondary N) is 1. The van der Waals surface area contributed by atoms with Crippen LogP contribution in [-0.4, -0.2) is 6.54 Å². The molecule has 1 aromatic carbocycles. The molecule has 1 unspecified atom stereocenters. The van der Waals surface area contributed by atoms with Crippen molar-refractivity contribution in [2.45, 2.75) is 26.7 Å². The molecule has 2 rings (SSSR count). The van der Waals surface area contributed by atoms with Gasteiger partial charge < -0.3 is 11.1 Å². The molecule has 0 heterocycles. The van der Waals surface area contributed by atoms with Gasteiger partial charge in [0.1, 0.15) is 5.82 Å². The van der Waals surface area contributed by atoms with Crippen LogP contribution in [0.2, 0.25) is 0 Å². The van der Waals surface area contributed by atoms with Crippen LogP contribution in [0, 0.1) is 24.6 Å². The van der Waals surface area contributed by atoms with E-state index in [1.807, 2.05) is 0 Å². The first-order chi connectivity index (χ1) is 7.58. The average Bonchev–Trinajstić information content (AvgIpc) is 3.04. The summed E-state index contributed by atoms with van der Waals surface area (Å²) in [4.78, 5) is 0. The van der Waals surface area contributed by atoms with Gasteiger partial charge in [-0.1, -0.05) is 6.92 Å². The number of benzene rings is 1. The normalized spacial score (nSPS) is 17.2. The fourth-order valence-corrected chi connectivity index (χ4v) is 1.95. The van der Waals surface area contributed by atoms with E-state index in [9.17, 15) is 4.39 Å². The largest absolute Gasteiger partial charge is 0.397 e. The third kappa shape index (κ3) is 2.46. The van der Waals surface area contributed by atoms with Gasteiger partial charge in [0.05, 0.1) is 11.4 Å². The molecular weight excluding hydrogens is 203 g/mol. The Bertz CT molecular complexity index is 386. The fourth-order valence-electron chi connectivity index (χ4n) is 1.95. The van der Waals surface area contributed by atoms with Crippen LogP contribution < -0.4 is 11.1 Å². The maximum atomic E-state index is 13.2. The lowest BCUT2D eigenvalue weighted by Gasteiger charge is -2.15. The number of nitrogen functional groups attached to an aromatic ring is 1. The zero-order chi connectivity index (χ0) is 11.7. The molecule has 0 aliphatic heterocycles. The first-order valence-electron chi connectivity index (χ1n) is 5.87. The first-order valence-corrected chi connectivity index (χ1v) is 5.87. The summed E-state index contributed by atoms with van der Waals surface area (Å²) >= 11 is 0.